The molecule has 0 saturated heterocycles. The van der Waals surface area contributed by atoms with Crippen LogP contribution < -0.4 is 0 Å². The van der Waals surface area contributed by atoms with Gasteiger partial charge in [0.05, 0.1) is 12.0 Å². The first kappa shape index (κ1) is 17.3. The fraction of sp³-hybridized carbons (Fsp3) is 0.429. The standard InChI is InChI=1S/C14H19NO5S/c1-11(16)12-6-8-13(9-7-12)21(18,19)15(2)10-4-5-14(17)20-3/h6-9H,4-5,10H2,1-3H3. The van der Waals surface area contributed by atoms with Crippen molar-refractivity contribution >= 4 is 21.8 Å². The van der Waals surface area contributed by atoms with Crippen molar-refractivity contribution in [1.82, 2.24) is 4.31 Å². The highest BCUT2D eigenvalue weighted by Crippen LogP contribution is 2.16. The molecule has 0 radical (unpaired) electrons. The van der Waals surface area contributed by atoms with Crippen LogP contribution in [-0.4, -0.2) is 45.2 Å². The van der Waals surface area contributed by atoms with E-state index in [2.05, 4.69) is 4.74 Å². The van der Waals surface area contributed by atoms with Gasteiger partial charge >= 0.3 is 5.97 Å². The molecule has 0 aliphatic rings. The number of nitrogens with zero attached hydrogens (tertiary/aromatic N) is 1. The zero-order valence-electron chi connectivity index (χ0n) is 12.3. The number of ketones is 1. The largest absolute Gasteiger partial charge is 0.469 e. The minimum Gasteiger partial charge on any atom is -0.469 e. The van der Waals surface area contributed by atoms with E-state index in [0.717, 1.165) is 0 Å². The van der Waals surface area contributed by atoms with Crippen LogP contribution in [0.25, 0.3) is 0 Å². The molecular weight excluding hydrogens is 294 g/mol. The van der Waals surface area contributed by atoms with E-state index in [0.29, 0.717) is 12.0 Å². The zero-order chi connectivity index (χ0) is 16.0. The van der Waals surface area contributed by atoms with Crippen LogP contribution in [0.4, 0.5) is 0 Å². The third-order valence-electron chi connectivity index (χ3n) is 3.05. The van der Waals surface area contributed by atoms with Gasteiger partial charge in [-0.1, -0.05) is 12.1 Å². The second-order valence-electron chi connectivity index (χ2n) is 4.59. The average Bonchev–Trinajstić information content (AvgIpc) is 2.46. The Morgan fingerprint density at radius 2 is 1.76 bits per heavy atom. The molecule has 0 aromatic heterocycles. The number of sulfonamides is 1. The molecule has 0 aliphatic carbocycles. The number of esters is 1. The lowest BCUT2D eigenvalue weighted by atomic mass is 10.2. The lowest BCUT2D eigenvalue weighted by Gasteiger charge is -2.17. The first-order valence-corrected chi connectivity index (χ1v) is 7.87. The van der Waals surface area contributed by atoms with E-state index in [4.69, 9.17) is 0 Å². The van der Waals surface area contributed by atoms with Gasteiger partial charge in [0.25, 0.3) is 0 Å². The number of ether oxygens (including phenoxy) is 1. The Morgan fingerprint density at radius 3 is 2.24 bits per heavy atom. The predicted molar refractivity (Wildman–Crippen MR) is 77.5 cm³/mol. The summed E-state index contributed by atoms with van der Waals surface area (Å²) < 4.78 is 30.2. The average molecular weight is 313 g/mol. The van der Waals surface area contributed by atoms with Crippen molar-refractivity contribution in [2.45, 2.75) is 24.7 Å². The van der Waals surface area contributed by atoms with Gasteiger partial charge in [-0.3, -0.25) is 9.59 Å². The summed E-state index contributed by atoms with van der Waals surface area (Å²) in [5.74, 6) is -0.489. The number of carbonyl (C=O) groups is 2. The maximum absolute atomic E-state index is 12.3. The Balaban J connectivity index is 2.75. The van der Waals surface area contributed by atoms with Gasteiger partial charge in [-0.2, -0.15) is 0 Å². The van der Waals surface area contributed by atoms with Crippen LogP contribution in [-0.2, 0) is 19.6 Å². The van der Waals surface area contributed by atoms with E-state index < -0.39 is 10.0 Å². The van der Waals surface area contributed by atoms with Crippen LogP contribution >= 0.6 is 0 Å². The van der Waals surface area contributed by atoms with E-state index in [9.17, 15) is 18.0 Å². The maximum atomic E-state index is 12.3. The molecule has 0 amide bonds. The van der Waals surface area contributed by atoms with Crippen molar-refractivity contribution in [3.05, 3.63) is 29.8 Å². The van der Waals surface area contributed by atoms with Gasteiger partial charge in [-0.15, -0.1) is 0 Å². The van der Waals surface area contributed by atoms with Gasteiger partial charge in [-0.25, -0.2) is 12.7 Å². The van der Waals surface area contributed by atoms with E-state index in [1.807, 2.05) is 0 Å². The van der Waals surface area contributed by atoms with E-state index in [1.54, 1.807) is 0 Å². The molecule has 0 N–H and O–H groups in total. The Kier molecular flexibility index (Phi) is 6.04. The summed E-state index contributed by atoms with van der Waals surface area (Å²) in [7, 11) is -0.875. The molecule has 1 aromatic rings. The van der Waals surface area contributed by atoms with Crippen molar-refractivity contribution < 1.29 is 22.7 Å². The molecule has 0 heterocycles. The normalized spacial score (nSPS) is 11.4. The molecule has 1 aromatic carbocycles. The highest BCUT2D eigenvalue weighted by atomic mass is 32.2. The fourth-order valence-electron chi connectivity index (χ4n) is 1.71. The topological polar surface area (TPSA) is 80.8 Å². The number of carbonyl (C=O) groups excluding carboxylic acids is 2. The molecule has 6 nitrogen and oxygen atoms in total. The highest BCUT2D eigenvalue weighted by molar-refractivity contribution is 7.89. The molecule has 1 rings (SSSR count). The molecule has 0 aliphatic heterocycles. The summed E-state index contributed by atoms with van der Waals surface area (Å²) in [5.41, 5.74) is 0.460. The van der Waals surface area contributed by atoms with E-state index in [1.165, 1.54) is 49.7 Å². The third kappa shape index (κ3) is 4.64. The van der Waals surface area contributed by atoms with Crippen LogP contribution in [0.3, 0.4) is 0 Å². The smallest absolute Gasteiger partial charge is 0.305 e. The minimum atomic E-state index is -3.62. The van der Waals surface area contributed by atoms with Crippen molar-refractivity contribution in [3.8, 4) is 0 Å². The molecule has 0 spiro atoms. The van der Waals surface area contributed by atoms with Crippen LogP contribution in [0.2, 0.25) is 0 Å². The van der Waals surface area contributed by atoms with Gasteiger partial charge in [0.15, 0.2) is 5.78 Å². The van der Waals surface area contributed by atoms with Gasteiger partial charge in [0.2, 0.25) is 10.0 Å². The van der Waals surface area contributed by atoms with Crippen molar-refractivity contribution in [2.75, 3.05) is 20.7 Å². The van der Waals surface area contributed by atoms with Gasteiger partial charge < -0.3 is 4.74 Å². The molecule has 7 heteroatoms. The second-order valence-corrected chi connectivity index (χ2v) is 6.63. The number of Topliss-reactive ketones (excluding diaryl/α,β-unsaturated/α-hetero) is 1. The quantitative estimate of drug-likeness (QED) is 0.562. The van der Waals surface area contributed by atoms with Gasteiger partial charge in [-0.05, 0) is 25.5 Å². The van der Waals surface area contributed by atoms with Crippen molar-refractivity contribution in [3.63, 3.8) is 0 Å². The molecular formula is C14H19NO5S. The fourth-order valence-corrected chi connectivity index (χ4v) is 2.92. The van der Waals surface area contributed by atoms with E-state index >= 15 is 0 Å². The summed E-state index contributed by atoms with van der Waals surface area (Å²) in [6.45, 7) is 1.63. The van der Waals surface area contributed by atoms with Crippen molar-refractivity contribution in [1.29, 1.82) is 0 Å². The Bertz CT molecular complexity index is 607. The summed E-state index contributed by atoms with van der Waals surface area (Å²) in [6.07, 6.45) is 0.549. The highest BCUT2D eigenvalue weighted by Gasteiger charge is 2.20. The number of hydrogen-bond donors (Lipinski definition) is 0. The summed E-state index contributed by atoms with van der Waals surface area (Å²) in [6, 6.07) is 5.78. The Morgan fingerprint density at radius 1 is 1.19 bits per heavy atom. The number of hydrogen-bond acceptors (Lipinski definition) is 5. The molecule has 0 atom stereocenters. The number of rotatable bonds is 7. The number of methoxy groups -OCH3 is 1. The first-order chi connectivity index (χ1) is 9.78. The predicted octanol–water partition coefficient (Wildman–Crippen LogP) is 1.46. The SMILES string of the molecule is COC(=O)CCCN(C)S(=O)(=O)c1ccc(C(C)=O)cc1. The second kappa shape index (κ2) is 7.33. The third-order valence-corrected chi connectivity index (χ3v) is 4.92. The van der Waals surface area contributed by atoms with Crippen LogP contribution in [0, 0.1) is 0 Å². The summed E-state index contributed by atoms with van der Waals surface area (Å²) in [5, 5.41) is 0. The Labute approximate surface area is 124 Å². The number of benzene rings is 1. The molecule has 21 heavy (non-hydrogen) atoms. The van der Waals surface area contributed by atoms with Crippen LogP contribution in [0.5, 0.6) is 0 Å². The molecule has 116 valence electrons. The molecule has 0 unspecified atom stereocenters. The summed E-state index contributed by atoms with van der Waals surface area (Å²) >= 11 is 0. The first-order valence-electron chi connectivity index (χ1n) is 6.43. The molecule has 0 bridgehead atoms. The minimum absolute atomic E-state index is 0.119. The Hall–Kier alpha value is -1.73. The van der Waals surface area contributed by atoms with Crippen LogP contribution in [0.15, 0.2) is 29.2 Å². The zero-order valence-corrected chi connectivity index (χ0v) is 13.1. The summed E-state index contributed by atoms with van der Waals surface area (Å²) in [4.78, 5) is 22.3. The van der Waals surface area contributed by atoms with Gasteiger partial charge in [0, 0.05) is 25.6 Å². The van der Waals surface area contributed by atoms with Crippen molar-refractivity contribution in [2.24, 2.45) is 0 Å². The maximum Gasteiger partial charge on any atom is 0.305 e. The monoisotopic (exact) mass is 313 g/mol. The van der Waals surface area contributed by atoms with Crippen LogP contribution in [0.1, 0.15) is 30.1 Å². The lowest BCUT2D eigenvalue weighted by Crippen LogP contribution is -2.28. The molecule has 0 saturated carbocycles. The van der Waals surface area contributed by atoms with E-state index in [-0.39, 0.29) is 29.6 Å². The molecule has 0 fully saturated rings. The van der Waals surface area contributed by atoms with Gasteiger partial charge in [0.1, 0.15) is 0 Å². The lowest BCUT2D eigenvalue weighted by molar-refractivity contribution is -0.140.